The summed E-state index contributed by atoms with van der Waals surface area (Å²) < 4.78 is 5.40. The van der Waals surface area contributed by atoms with Gasteiger partial charge in [0.1, 0.15) is 0 Å². The number of nitrogens with one attached hydrogen (secondary N) is 1. The molecule has 0 fully saturated rings. The molecule has 0 heterocycles. The second-order valence-electron chi connectivity index (χ2n) is 18.2. The lowest BCUT2D eigenvalue weighted by molar-refractivity contribution is -0.143. The lowest BCUT2D eigenvalue weighted by Crippen LogP contribution is -2.45. The van der Waals surface area contributed by atoms with Gasteiger partial charge in [-0.1, -0.05) is 235 Å². The van der Waals surface area contributed by atoms with Crippen LogP contribution in [0.4, 0.5) is 0 Å². The molecule has 366 valence electrons. The minimum absolute atomic E-state index is 0.0517. The number of carbonyl (C=O) groups is 2. The molecular weight excluding hydrogens is 779 g/mol. The van der Waals surface area contributed by atoms with Crippen molar-refractivity contribution in [1.82, 2.24) is 5.32 Å². The van der Waals surface area contributed by atoms with Gasteiger partial charge in [-0.15, -0.1) is 0 Å². The van der Waals surface area contributed by atoms with Crippen molar-refractivity contribution in [2.75, 3.05) is 13.2 Å². The maximum atomic E-state index is 12.4. The quantitative estimate of drug-likeness (QED) is 0.0321. The zero-order valence-electron chi connectivity index (χ0n) is 41.5. The molecule has 0 saturated carbocycles. The first-order valence-corrected chi connectivity index (χ1v) is 27.1. The van der Waals surface area contributed by atoms with Crippen molar-refractivity contribution >= 4 is 11.9 Å². The normalized spacial score (nSPS) is 13.1. The van der Waals surface area contributed by atoms with Crippen LogP contribution in [-0.2, 0) is 14.3 Å². The van der Waals surface area contributed by atoms with Crippen LogP contribution in [0.1, 0.15) is 264 Å². The number of hydrogen-bond donors (Lipinski definition) is 3. The van der Waals surface area contributed by atoms with E-state index in [-0.39, 0.29) is 18.5 Å². The van der Waals surface area contributed by atoms with Gasteiger partial charge in [-0.3, -0.25) is 9.59 Å². The molecule has 0 aromatic rings. The minimum atomic E-state index is -0.847. The summed E-state index contributed by atoms with van der Waals surface area (Å²) in [6, 6.07) is -0.631. The Hall–Kier alpha value is -2.44. The van der Waals surface area contributed by atoms with Gasteiger partial charge in [0.05, 0.1) is 25.4 Å². The summed E-state index contributed by atoms with van der Waals surface area (Å²) in [5.74, 6) is -0.127. The number of aliphatic hydroxyl groups is 2. The molecule has 0 spiro atoms. The van der Waals surface area contributed by atoms with Crippen LogP contribution < -0.4 is 5.32 Å². The van der Waals surface area contributed by atoms with Gasteiger partial charge in [0.25, 0.3) is 0 Å². The van der Waals surface area contributed by atoms with Crippen molar-refractivity contribution in [2.45, 2.75) is 276 Å². The average Bonchev–Trinajstić information content (AvgIpc) is 3.28. The standard InChI is InChI=1S/C57H103NO5/c1-3-5-7-9-11-13-15-16-27-31-35-39-43-47-51-57(62)63-52-48-44-40-36-32-28-25-23-21-19-17-18-20-22-24-26-30-34-38-42-46-50-56(61)58-54(53-59)55(60)49-45-41-37-33-29-14-12-10-8-6-4-2/h9,11,15-16,28,32,40,44-45,49,54-55,59-60H,3-8,10,12-14,17-27,29-31,33-39,41-43,46-48,50-53H2,1-2H3,(H,58,61)/b11-9-,16-15-,32-28-,44-40-,49-45+. The van der Waals surface area contributed by atoms with Gasteiger partial charge in [0, 0.05) is 12.8 Å². The largest absolute Gasteiger partial charge is 0.465 e. The first-order valence-electron chi connectivity index (χ1n) is 27.1. The minimum Gasteiger partial charge on any atom is -0.465 e. The van der Waals surface area contributed by atoms with Crippen molar-refractivity contribution in [1.29, 1.82) is 0 Å². The van der Waals surface area contributed by atoms with Crippen LogP contribution in [0.15, 0.2) is 60.8 Å². The smallest absolute Gasteiger partial charge is 0.305 e. The first-order chi connectivity index (χ1) is 31.0. The fourth-order valence-corrected chi connectivity index (χ4v) is 7.84. The number of aliphatic hydroxyl groups excluding tert-OH is 2. The molecule has 63 heavy (non-hydrogen) atoms. The zero-order valence-corrected chi connectivity index (χ0v) is 41.5. The van der Waals surface area contributed by atoms with E-state index in [4.69, 9.17) is 4.74 Å². The van der Waals surface area contributed by atoms with E-state index in [9.17, 15) is 19.8 Å². The zero-order chi connectivity index (χ0) is 45.8. The summed E-state index contributed by atoms with van der Waals surface area (Å²) in [5.41, 5.74) is 0. The highest BCUT2D eigenvalue weighted by atomic mass is 16.5. The Bertz CT molecular complexity index is 1110. The van der Waals surface area contributed by atoms with E-state index in [2.05, 4.69) is 67.8 Å². The molecule has 1 amide bonds. The molecule has 0 aromatic carbocycles. The highest BCUT2D eigenvalue weighted by molar-refractivity contribution is 5.76. The number of rotatable bonds is 49. The first kappa shape index (κ1) is 60.6. The number of allylic oxidation sites excluding steroid dienone is 8. The number of amides is 1. The van der Waals surface area contributed by atoms with Crippen molar-refractivity contribution in [3.63, 3.8) is 0 Å². The lowest BCUT2D eigenvalue weighted by Gasteiger charge is -2.20. The number of ether oxygens (including phenoxy) is 1. The van der Waals surface area contributed by atoms with Crippen molar-refractivity contribution in [2.24, 2.45) is 0 Å². The highest BCUT2D eigenvalue weighted by Gasteiger charge is 2.18. The molecular formula is C57H103NO5. The molecule has 0 aliphatic heterocycles. The molecule has 0 rings (SSSR count). The van der Waals surface area contributed by atoms with Gasteiger partial charge < -0.3 is 20.3 Å². The number of hydrogen-bond acceptors (Lipinski definition) is 5. The van der Waals surface area contributed by atoms with Gasteiger partial charge in [0.2, 0.25) is 5.91 Å². The van der Waals surface area contributed by atoms with Crippen LogP contribution in [0.2, 0.25) is 0 Å². The second-order valence-corrected chi connectivity index (χ2v) is 18.2. The summed E-state index contributed by atoms with van der Waals surface area (Å²) in [6.07, 6.45) is 66.8. The third-order valence-electron chi connectivity index (χ3n) is 12.0. The van der Waals surface area contributed by atoms with Crippen LogP contribution in [0.5, 0.6) is 0 Å². The molecule has 6 heteroatoms. The summed E-state index contributed by atoms with van der Waals surface area (Å²) in [5, 5.41) is 23.0. The summed E-state index contributed by atoms with van der Waals surface area (Å²) in [6.45, 7) is 4.72. The Morgan fingerprint density at radius 3 is 1.25 bits per heavy atom. The third kappa shape index (κ3) is 48.8. The van der Waals surface area contributed by atoms with Gasteiger partial charge in [-0.05, 0) is 77.0 Å². The Labute approximate surface area is 390 Å². The topological polar surface area (TPSA) is 95.9 Å². The van der Waals surface area contributed by atoms with Gasteiger partial charge in [-0.25, -0.2) is 0 Å². The van der Waals surface area contributed by atoms with E-state index in [0.29, 0.717) is 19.4 Å². The Kier molecular flexibility index (Phi) is 50.2. The Morgan fingerprint density at radius 2 is 0.810 bits per heavy atom. The van der Waals surface area contributed by atoms with Crippen molar-refractivity contribution < 1.29 is 24.5 Å². The molecule has 3 N–H and O–H groups in total. The average molecular weight is 882 g/mol. The lowest BCUT2D eigenvalue weighted by atomic mass is 10.0. The van der Waals surface area contributed by atoms with Gasteiger partial charge >= 0.3 is 5.97 Å². The van der Waals surface area contributed by atoms with Crippen molar-refractivity contribution in [3.05, 3.63) is 60.8 Å². The van der Waals surface area contributed by atoms with Crippen LogP contribution >= 0.6 is 0 Å². The molecule has 2 unspecified atom stereocenters. The maximum absolute atomic E-state index is 12.4. The molecule has 0 aliphatic carbocycles. The SMILES string of the molecule is CCCC/C=C\C/C=C\CCCCCCCC(=O)OCC/C=C\C/C=C\CCCCCCCCCCCCCCCCC(=O)NC(CO)C(O)/C=C/CCCCCCCCCCC. The molecule has 0 radical (unpaired) electrons. The van der Waals surface area contributed by atoms with Gasteiger partial charge in [-0.2, -0.15) is 0 Å². The predicted molar refractivity (Wildman–Crippen MR) is 273 cm³/mol. The molecule has 0 aromatic heterocycles. The predicted octanol–water partition coefficient (Wildman–Crippen LogP) is 16.4. The monoisotopic (exact) mass is 882 g/mol. The number of unbranched alkanes of at least 4 members (excludes halogenated alkanes) is 30. The maximum Gasteiger partial charge on any atom is 0.305 e. The summed E-state index contributed by atoms with van der Waals surface area (Å²) in [7, 11) is 0. The van der Waals surface area contributed by atoms with Crippen LogP contribution in [0, 0.1) is 0 Å². The van der Waals surface area contributed by atoms with E-state index in [1.165, 1.54) is 173 Å². The van der Waals surface area contributed by atoms with Gasteiger partial charge in [0.15, 0.2) is 0 Å². The summed E-state index contributed by atoms with van der Waals surface area (Å²) in [4.78, 5) is 24.4. The van der Waals surface area contributed by atoms with Crippen molar-refractivity contribution in [3.8, 4) is 0 Å². The fourth-order valence-electron chi connectivity index (χ4n) is 7.84. The van der Waals surface area contributed by atoms with E-state index >= 15 is 0 Å². The molecule has 6 nitrogen and oxygen atoms in total. The molecule has 0 saturated heterocycles. The third-order valence-corrected chi connectivity index (χ3v) is 12.0. The fraction of sp³-hybridized carbons (Fsp3) is 0.789. The van der Waals surface area contributed by atoms with Crippen LogP contribution in [0.25, 0.3) is 0 Å². The number of esters is 1. The Morgan fingerprint density at radius 1 is 0.444 bits per heavy atom. The highest BCUT2D eigenvalue weighted by Crippen LogP contribution is 2.15. The number of carbonyl (C=O) groups excluding carboxylic acids is 2. The molecule has 2 atom stereocenters. The summed E-state index contributed by atoms with van der Waals surface area (Å²) >= 11 is 0. The van der Waals surface area contributed by atoms with Crippen LogP contribution in [-0.4, -0.2) is 47.4 Å². The Balaban J connectivity index is 3.49. The molecule has 0 aliphatic rings. The molecule has 0 bridgehead atoms. The van der Waals surface area contributed by atoms with E-state index in [1.54, 1.807) is 6.08 Å². The van der Waals surface area contributed by atoms with E-state index in [1.807, 2.05) is 6.08 Å². The van der Waals surface area contributed by atoms with E-state index < -0.39 is 12.1 Å². The van der Waals surface area contributed by atoms with Crippen LogP contribution in [0.3, 0.4) is 0 Å². The van der Waals surface area contributed by atoms with E-state index in [0.717, 1.165) is 64.2 Å². The second kappa shape index (κ2) is 52.2.